The van der Waals surface area contributed by atoms with Gasteiger partial charge in [0.2, 0.25) is 0 Å². The molecule has 4 rings (SSSR count). The second-order valence-electron chi connectivity index (χ2n) is 7.74. The van der Waals surface area contributed by atoms with Gasteiger partial charge in [0, 0.05) is 0 Å². The zero-order valence-electron chi connectivity index (χ0n) is 16.0. The first-order valence-electron chi connectivity index (χ1n) is 10.4. The third kappa shape index (κ3) is 3.43. The van der Waals surface area contributed by atoms with E-state index in [4.69, 9.17) is 0 Å². The van der Waals surface area contributed by atoms with Crippen molar-refractivity contribution in [3.63, 3.8) is 0 Å². The molecule has 4 aromatic rings. The Balaban J connectivity index is 1.52. The minimum Gasteiger partial charge on any atom is -0.0654 e. The highest BCUT2D eigenvalue weighted by Gasteiger charge is 2.11. The van der Waals surface area contributed by atoms with Gasteiger partial charge >= 0.3 is 0 Å². The highest BCUT2D eigenvalue weighted by Crippen LogP contribution is 2.36. The Bertz CT molecular complexity index is 979. The quantitative estimate of drug-likeness (QED) is 0.213. The monoisotopic (exact) mass is 341 g/mol. The van der Waals surface area contributed by atoms with Crippen LogP contribution in [-0.4, -0.2) is 0 Å². The molecule has 0 nitrogen and oxygen atoms in total. The summed E-state index contributed by atoms with van der Waals surface area (Å²) in [5.41, 5.74) is 1.50. The summed E-state index contributed by atoms with van der Waals surface area (Å²) in [5, 5.41) is 8.34. The van der Waals surface area contributed by atoms with Gasteiger partial charge in [-0.25, -0.2) is 0 Å². The summed E-state index contributed by atoms with van der Waals surface area (Å²) >= 11 is 0. The van der Waals surface area contributed by atoms with Crippen molar-refractivity contribution >= 4 is 32.3 Å². The molecular formula is C26H29. The van der Waals surface area contributed by atoms with Crippen LogP contribution >= 0.6 is 0 Å². The first kappa shape index (κ1) is 17.3. The van der Waals surface area contributed by atoms with Crippen LogP contribution in [0.2, 0.25) is 0 Å². The van der Waals surface area contributed by atoms with Crippen molar-refractivity contribution in [1.29, 1.82) is 0 Å². The van der Waals surface area contributed by atoms with Crippen LogP contribution in [0.1, 0.15) is 63.9 Å². The maximum Gasteiger partial charge on any atom is -0.00236 e. The molecule has 0 spiro atoms. The summed E-state index contributed by atoms with van der Waals surface area (Å²) in [6.07, 6.45) is 12.2. The van der Waals surface area contributed by atoms with Crippen molar-refractivity contribution < 1.29 is 0 Å². The van der Waals surface area contributed by atoms with Crippen LogP contribution in [0.4, 0.5) is 0 Å². The molecule has 0 N–H and O–H groups in total. The fourth-order valence-electron chi connectivity index (χ4n) is 4.42. The fraction of sp³-hybridized carbons (Fsp3) is 0.385. The van der Waals surface area contributed by atoms with Crippen molar-refractivity contribution in [2.24, 2.45) is 0 Å². The minimum atomic E-state index is 1.19. The smallest absolute Gasteiger partial charge is 0.00236 e. The lowest BCUT2D eigenvalue weighted by Crippen LogP contribution is -1.92. The molecule has 1 radical (unpaired) electrons. The number of benzene rings is 4. The second kappa shape index (κ2) is 8.08. The molecule has 0 heteroatoms. The molecule has 4 aromatic carbocycles. The van der Waals surface area contributed by atoms with Gasteiger partial charge in [-0.15, -0.1) is 0 Å². The molecule has 0 aliphatic heterocycles. The lowest BCUT2D eigenvalue weighted by Gasteiger charge is -2.14. The van der Waals surface area contributed by atoms with Crippen LogP contribution in [-0.2, 0) is 6.42 Å². The summed E-state index contributed by atoms with van der Waals surface area (Å²) in [6.45, 7) is 2.29. The third-order valence-corrected chi connectivity index (χ3v) is 5.82. The maximum atomic E-state index is 3.37. The van der Waals surface area contributed by atoms with E-state index in [0.717, 1.165) is 0 Å². The molecule has 26 heavy (non-hydrogen) atoms. The van der Waals surface area contributed by atoms with Gasteiger partial charge in [-0.2, -0.15) is 0 Å². The molecular weight excluding hydrogens is 312 g/mol. The Labute approximate surface area is 157 Å². The van der Waals surface area contributed by atoms with Gasteiger partial charge in [-0.3, -0.25) is 0 Å². The molecule has 0 atom stereocenters. The number of hydrogen-bond acceptors (Lipinski definition) is 0. The molecule has 0 fully saturated rings. The van der Waals surface area contributed by atoms with E-state index in [1.54, 1.807) is 0 Å². The zero-order valence-corrected chi connectivity index (χ0v) is 16.0. The highest BCUT2D eigenvalue weighted by atomic mass is 14.1. The van der Waals surface area contributed by atoms with Crippen LogP contribution in [0.15, 0.2) is 48.5 Å². The molecule has 0 saturated carbocycles. The lowest BCUT2D eigenvalue weighted by molar-refractivity contribution is 0.576. The van der Waals surface area contributed by atoms with Crippen molar-refractivity contribution in [2.75, 3.05) is 0 Å². The summed E-state index contributed by atoms with van der Waals surface area (Å²) < 4.78 is 0. The van der Waals surface area contributed by atoms with E-state index in [9.17, 15) is 0 Å². The SMILES string of the molecule is CCCCCCCCCCc1cc2cccc3ccc4c[c]cc1c4c32. The molecule has 0 aromatic heterocycles. The van der Waals surface area contributed by atoms with Crippen LogP contribution in [0.3, 0.4) is 0 Å². The Kier molecular flexibility index (Phi) is 5.39. The van der Waals surface area contributed by atoms with Crippen LogP contribution in [0, 0.1) is 6.07 Å². The second-order valence-corrected chi connectivity index (χ2v) is 7.74. The molecule has 0 bridgehead atoms. The Hall–Kier alpha value is -2.08. The molecule has 133 valence electrons. The van der Waals surface area contributed by atoms with E-state index in [-0.39, 0.29) is 0 Å². The van der Waals surface area contributed by atoms with Crippen molar-refractivity contribution in [3.05, 3.63) is 60.2 Å². The molecule has 0 aliphatic rings. The number of aryl methyl sites for hydroxylation is 1. The van der Waals surface area contributed by atoms with E-state index in [2.05, 4.69) is 61.5 Å². The average molecular weight is 342 g/mol. The maximum absolute atomic E-state index is 3.37. The van der Waals surface area contributed by atoms with Crippen molar-refractivity contribution in [3.8, 4) is 0 Å². The van der Waals surface area contributed by atoms with E-state index >= 15 is 0 Å². The van der Waals surface area contributed by atoms with Gasteiger partial charge in [0.05, 0.1) is 0 Å². The molecule has 0 unspecified atom stereocenters. The number of rotatable bonds is 9. The van der Waals surface area contributed by atoms with E-state index < -0.39 is 0 Å². The average Bonchev–Trinajstić information content (AvgIpc) is 2.68. The lowest BCUT2D eigenvalue weighted by atomic mass is 9.89. The van der Waals surface area contributed by atoms with E-state index in [0.29, 0.717) is 0 Å². The molecule has 0 heterocycles. The molecule has 0 saturated heterocycles. The first-order chi connectivity index (χ1) is 12.9. The first-order valence-corrected chi connectivity index (χ1v) is 10.4. The summed E-state index contributed by atoms with van der Waals surface area (Å²) in [4.78, 5) is 0. The standard InChI is InChI=1S/C26H29/c1-2-3-4-5-6-7-8-9-12-22-19-23-15-10-13-20-17-18-21-14-11-16-24(22)26(21)25(20)23/h10,13-19H,2-9,12H2,1H3. The Morgan fingerprint density at radius 3 is 2.27 bits per heavy atom. The molecule has 0 amide bonds. The minimum absolute atomic E-state index is 1.19. The predicted molar refractivity (Wildman–Crippen MR) is 115 cm³/mol. The van der Waals surface area contributed by atoms with Gasteiger partial charge in [0.25, 0.3) is 0 Å². The van der Waals surface area contributed by atoms with Crippen LogP contribution < -0.4 is 0 Å². The van der Waals surface area contributed by atoms with Gasteiger partial charge < -0.3 is 0 Å². The predicted octanol–water partition coefficient (Wildman–Crippen LogP) is 8.07. The van der Waals surface area contributed by atoms with Crippen LogP contribution in [0.25, 0.3) is 32.3 Å². The Morgan fingerprint density at radius 1 is 0.692 bits per heavy atom. The Morgan fingerprint density at radius 2 is 1.42 bits per heavy atom. The zero-order chi connectivity index (χ0) is 17.8. The van der Waals surface area contributed by atoms with Crippen LogP contribution in [0.5, 0.6) is 0 Å². The van der Waals surface area contributed by atoms with Crippen molar-refractivity contribution in [1.82, 2.24) is 0 Å². The normalized spacial score (nSPS) is 11.9. The summed E-state index contributed by atoms with van der Waals surface area (Å²) in [6, 6.07) is 21.3. The number of unbranched alkanes of at least 4 members (excludes halogenated alkanes) is 7. The number of hydrogen-bond donors (Lipinski definition) is 0. The van der Waals surface area contributed by atoms with Gasteiger partial charge in [-0.1, -0.05) is 88.3 Å². The van der Waals surface area contributed by atoms with Gasteiger partial charge in [-0.05, 0) is 68.9 Å². The van der Waals surface area contributed by atoms with E-state index in [1.807, 2.05) is 0 Å². The topological polar surface area (TPSA) is 0 Å². The highest BCUT2D eigenvalue weighted by molar-refractivity contribution is 6.23. The van der Waals surface area contributed by atoms with E-state index in [1.165, 1.54) is 95.7 Å². The van der Waals surface area contributed by atoms with Crippen molar-refractivity contribution in [2.45, 2.75) is 64.7 Å². The fourth-order valence-corrected chi connectivity index (χ4v) is 4.42. The van der Waals surface area contributed by atoms with Gasteiger partial charge in [0.15, 0.2) is 0 Å². The summed E-state index contributed by atoms with van der Waals surface area (Å²) in [7, 11) is 0. The summed E-state index contributed by atoms with van der Waals surface area (Å²) in [5.74, 6) is 0. The largest absolute Gasteiger partial charge is 0.0654 e. The molecule has 0 aliphatic carbocycles. The third-order valence-electron chi connectivity index (χ3n) is 5.82. The van der Waals surface area contributed by atoms with Gasteiger partial charge in [0.1, 0.15) is 0 Å².